The normalized spacial score (nSPS) is 24.1. The standard InChI is InChI=1S/C15H28N2O2/c1-14(2,3)19-13(18)17-11-7-15(8-12-17)5-4-9-16-10-6-15/h16H,4-12H2,1-3H3. The molecule has 4 nitrogen and oxygen atoms in total. The van der Waals surface area contributed by atoms with Gasteiger partial charge in [0.25, 0.3) is 0 Å². The van der Waals surface area contributed by atoms with Crippen LogP contribution in [0.4, 0.5) is 4.79 Å². The smallest absolute Gasteiger partial charge is 0.410 e. The van der Waals surface area contributed by atoms with Gasteiger partial charge in [0.2, 0.25) is 0 Å². The van der Waals surface area contributed by atoms with Gasteiger partial charge in [-0.15, -0.1) is 0 Å². The van der Waals surface area contributed by atoms with Gasteiger partial charge in [0.05, 0.1) is 0 Å². The topological polar surface area (TPSA) is 41.6 Å². The molecule has 2 saturated heterocycles. The van der Waals surface area contributed by atoms with Gasteiger partial charge in [0.15, 0.2) is 0 Å². The van der Waals surface area contributed by atoms with Crippen LogP contribution in [0.25, 0.3) is 0 Å². The van der Waals surface area contributed by atoms with Gasteiger partial charge in [0, 0.05) is 13.1 Å². The zero-order valence-corrected chi connectivity index (χ0v) is 12.6. The monoisotopic (exact) mass is 268 g/mol. The minimum absolute atomic E-state index is 0.144. The zero-order valence-electron chi connectivity index (χ0n) is 12.6. The summed E-state index contributed by atoms with van der Waals surface area (Å²) in [6.07, 6.45) is 5.96. The highest BCUT2D eigenvalue weighted by molar-refractivity contribution is 5.68. The second-order valence-electron chi connectivity index (χ2n) is 7.07. The van der Waals surface area contributed by atoms with Crippen molar-refractivity contribution in [3.8, 4) is 0 Å². The lowest BCUT2D eigenvalue weighted by Gasteiger charge is -2.41. The summed E-state index contributed by atoms with van der Waals surface area (Å²) < 4.78 is 5.45. The van der Waals surface area contributed by atoms with Crippen LogP contribution in [0.2, 0.25) is 0 Å². The van der Waals surface area contributed by atoms with Gasteiger partial charge >= 0.3 is 6.09 Å². The van der Waals surface area contributed by atoms with Crippen LogP contribution in [0.15, 0.2) is 0 Å². The second-order valence-corrected chi connectivity index (χ2v) is 7.07. The van der Waals surface area contributed by atoms with Gasteiger partial charge in [-0.05, 0) is 71.4 Å². The molecule has 0 bridgehead atoms. The zero-order chi connectivity index (χ0) is 13.9. The number of nitrogens with zero attached hydrogens (tertiary/aromatic N) is 1. The fraction of sp³-hybridized carbons (Fsp3) is 0.933. The number of piperidine rings is 1. The van der Waals surface area contributed by atoms with Gasteiger partial charge in [-0.1, -0.05) is 0 Å². The molecular weight excluding hydrogens is 240 g/mol. The molecule has 0 aromatic heterocycles. The molecule has 2 aliphatic rings. The summed E-state index contributed by atoms with van der Waals surface area (Å²) in [7, 11) is 0. The summed E-state index contributed by atoms with van der Waals surface area (Å²) in [5, 5.41) is 3.48. The fourth-order valence-corrected chi connectivity index (χ4v) is 3.18. The predicted octanol–water partition coefficient (Wildman–Crippen LogP) is 2.78. The molecule has 110 valence electrons. The van der Waals surface area contributed by atoms with Crippen molar-refractivity contribution in [3.63, 3.8) is 0 Å². The lowest BCUT2D eigenvalue weighted by molar-refractivity contribution is 0.00839. The molecule has 2 fully saturated rings. The SMILES string of the molecule is CC(C)(C)OC(=O)N1CCC2(CCCNCC2)CC1. The number of carbonyl (C=O) groups excluding carboxylic acids is 1. The Morgan fingerprint density at radius 1 is 1.11 bits per heavy atom. The number of ether oxygens (including phenoxy) is 1. The molecule has 0 unspecified atom stereocenters. The molecule has 0 saturated carbocycles. The summed E-state index contributed by atoms with van der Waals surface area (Å²) >= 11 is 0. The Morgan fingerprint density at radius 2 is 1.79 bits per heavy atom. The number of hydrogen-bond acceptors (Lipinski definition) is 3. The summed E-state index contributed by atoms with van der Waals surface area (Å²) in [5.41, 5.74) is 0.0838. The number of hydrogen-bond donors (Lipinski definition) is 1. The Morgan fingerprint density at radius 3 is 2.42 bits per heavy atom. The summed E-state index contributed by atoms with van der Waals surface area (Å²) in [6.45, 7) is 9.77. The molecule has 2 heterocycles. The van der Waals surface area contributed by atoms with E-state index in [9.17, 15) is 4.79 Å². The average Bonchev–Trinajstić information content (AvgIpc) is 2.54. The van der Waals surface area contributed by atoms with Crippen molar-refractivity contribution < 1.29 is 9.53 Å². The van der Waals surface area contributed by atoms with Gasteiger partial charge in [-0.25, -0.2) is 4.79 Å². The van der Waals surface area contributed by atoms with E-state index in [0.717, 1.165) is 39.0 Å². The first-order chi connectivity index (χ1) is 8.90. The molecule has 4 heteroatoms. The summed E-state index contributed by atoms with van der Waals surface area (Å²) in [6, 6.07) is 0. The molecule has 1 spiro atoms. The van der Waals surface area contributed by atoms with Crippen LogP contribution in [0, 0.1) is 5.41 Å². The van der Waals surface area contributed by atoms with Crippen LogP contribution in [0.5, 0.6) is 0 Å². The Labute approximate surface area is 116 Å². The van der Waals surface area contributed by atoms with Crippen LogP contribution >= 0.6 is 0 Å². The van der Waals surface area contributed by atoms with Crippen LogP contribution in [0.3, 0.4) is 0 Å². The number of carbonyl (C=O) groups is 1. The maximum Gasteiger partial charge on any atom is 0.410 e. The Balaban J connectivity index is 1.86. The van der Waals surface area contributed by atoms with Crippen molar-refractivity contribution in [2.45, 2.75) is 58.5 Å². The van der Waals surface area contributed by atoms with E-state index in [-0.39, 0.29) is 6.09 Å². The Hall–Kier alpha value is -0.770. The van der Waals surface area contributed by atoms with Crippen molar-refractivity contribution in [2.75, 3.05) is 26.2 Å². The molecule has 1 N–H and O–H groups in total. The molecule has 0 atom stereocenters. The van der Waals surface area contributed by atoms with Crippen molar-refractivity contribution in [3.05, 3.63) is 0 Å². The highest BCUT2D eigenvalue weighted by Crippen LogP contribution is 2.40. The molecule has 0 radical (unpaired) electrons. The largest absolute Gasteiger partial charge is 0.444 e. The minimum Gasteiger partial charge on any atom is -0.444 e. The van der Waals surface area contributed by atoms with Crippen LogP contribution in [0.1, 0.15) is 52.9 Å². The van der Waals surface area contributed by atoms with Crippen molar-refractivity contribution in [1.29, 1.82) is 0 Å². The molecule has 0 aromatic rings. The summed E-state index contributed by atoms with van der Waals surface area (Å²) in [4.78, 5) is 13.9. The predicted molar refractivity (Wildman–Crippen MR) is 76.2 cm³/mol. The number of nitrogens with one attached hydrogen (secondary N) is 1. The van der Waals surface area contributed by atoms with E-state index in [4.69, 9.17) is 4.74 Å². The van der Waals surface area contributed by atoms with Crippen LogP contribution < -0.4 is 5.32 Å². The van der Waals surface area contributed by atoms with E-state index < -0.39 is 5.60 Å². The maximum atomic E-state index is 12.0. The van der Waals surface area contributed by atoms with Gasteiger partial charge in [-0.2, -0.15) is 0 Å². The fourth-order valence-electron chi connectivity index (χ4n) is 3.18. The third-order valence-corrected chi connectivity index (χ3v) is 4.37. The Kier molecular flexibility index (Phi) is 4.39. The van der Waals surface area contributed by atoms with Crippen molar-refractivity contribution in [1.82, 2.24) is 10.2 Å². The lowest BCUT2D eigenvalue weighted by Crippen LogP contribution is -2.45. The highest BCUT2D eigenvalue weighted by Gasteiger charge is 2.36. The Bertz CT molecular complexity index is 305. The number of likely N-dealkylation sites (tertiary alicyclic amines) is 1. The van der Waals surface area contributed by atoms with Gasteiger partial charge in [0.1, 0.15) is 5.60 Å². The lowest BCUT2D eigenvalue weighted by atomic mass is 9.73. The first-order valence-electron chi connectivity index (χ1n) is 7.59. The first kappa shape index (κ1) is 14.6. The van der Waals surface area contributed by atoms with E-state index in [1.54, 1.807) is 0 Å². The quantitative estimate of drug-likeness (QED) is 0.734. The minimum atomic E-state index is -0.390. The van der Waals surface area contributed by atoms with Crippen LogP contribution in [-0.4, -0.2) is 42.8 Å². The number of rotatable bonds is 0. The first-order valence-corrected chi connectivity index (χ1v) is 7.59. The van der Waals surface area contributed by atoms with E-state index in [2.05, 4.69) is 5.32 Å². The highest BCUT2D eigenvalue weighted by atomic mass is 16.6. The third kappa shape index (κ3) is 4.10. The molecule has 19 heavy (non-hydrogen) atoms. The van der Waals surface area contributed by atoms with Gasteiger partial charge in [-0.3, -0.25) is 0 Å². The van der Waals surface area contributed by atoms with E-state index in [0.29, 0.717) is 5.41 Å². The molecule has 1 amide bonds. The molecule has 0 aliphatic carbocycles. The molecule has 2 aliphatic heterocycles. The summed E-state index contributed by atoms with van der Waals surface area (Å²) in [5.74, 6) is 0. The van der Waals surface area contributed by atoms with Gasteiger partial charge < -0.3 is 15.0 Å². The van der Waals surface area contributed by atoms with E-state index in [1.165, 1.54) is 19.3 Å². The molecular formula is C15H28N2O2. The maximum absolute atomic E-state index is 12.0. The van der Waals surface area contributed by atoms with Crippen LogP contribution in [-0.2, 0) is 4.74 Å². The number of amides is 1. The average molecular weight is 268 g/mol. The molecule has 2 rings (SSSR count). The van der Waals surface area contributed by atoms with Crippen molar-refractivity contribution in [2.24, 2.45) is 5.41 Å². The third-order valence-electron chi connectivity index (χ3n) is 4.37. The van der Waals surface area contributed by atoms with E-state index in [1.807, 2.05) is 25.7 Å². The van der Waals surface area contributed by atoms with Crippen molar-refractivity contribution >= 4 is 6.09 Å². The second kappa shape index (κ2) is 5.70. The van der Waals surface area contributed by atoms with E-state index >= 15 is 0 Å². The molecule has 0 aromatic carbocycles.